The van der Waals surface area contributed by atoms with E-state index in [1.54, 1.807) is 12.1 Å². The molecular weight excluding hydrogens is 516 g/mol. The first-order valence-corrected chi connectivity index (χ1v) is 12.4. The molecule has 39 heavy (non-hydrogen) atoms. The van der Waals surface area contributed by atoms with Gasteiger partial charge in [0.25, 0.3) is 0 Å². The van der Waals surface area contributed by atoms with Crippen molar-refractivity contribution < 1.29 is 54.0 Å². The van der Waals surface area contributed by atoms with E-state index in [9.17, 15) is 35.4 Å². The molecule has 3 heterocycles. The van der Waals surface area contributed by atoms with E-state index in [2.05, 4.69) is 0 Å². The molecule has 2 aliphatic rings. The summed E-state index contributed by atoms with van der Waals surface area (Å²) in [5.74, 6) is 0.508. The highest BCUT2D eigenvalue weighted by atomic mass is 16.7. The SMILES string of the molecule is CC1OC(OCC2OC(Oc3ccc4c(=O)cc(-c5ccccc5)oc4c3)C(O)C(O)C2O)C(O)C(O)C1O. The lowest BCUT2D eigenvalue weighted by Gasteiger charge is -2.42. The number of benzene rings is 2. The minimum absolute atomic E-state index is 0.153. The van der Waals surface area contributed by atoms with Gasteiger partial charge in [0.1, 0.15) is 59.8 Å². The largest absolute Gasteiger partial charge is 0.462 e. The Balaban J connectivity index is 1.32. The Hall–Kier alpha value is -2.91. The normalized spacial score (nSPS) is 35.2. The predicted molar refractivity (Wildman–Crippen MR) is 134 cm³/mol. The van der Waals surface area contributed by atoms with E-state index >= 15 is 0 Å². The average Bonchev–Trinajstić information content (AvgIpc) is 2.94. The lowest BCUT2D eigenvalue weighted by atomic mass is 9.98. The molecule has 0 amide bonds. The third-order valence-corrected chi connectivity index (χ3v) is 6.91. The molecule has 0 bridgehead atoms. The van der Waals surface area contributed by atoms with Gasteiger partial charge in [0, 0.05) is 17.7 Å². The molecule has 3 aromatic rings. The second-order valence-electron chi connectivity index (χ2n) is 9.65. The van der Waals surface area contributed by atoms with Crippen LogP contribution in [0.25, 0.3) is 22.3 Å². The number of fused-ring (bicyclic) bond motifs is 1. The van der Waals surface area contributed by atoms with Gasteiger partial charge in [-0.2, -0.15) is 0 Å². The number of ether oxygens (including phenoxy) is 4. The summed E-state index contributed by atoms with van der Waals surface area (Å²) in [6.07, 6.45) is -14.2. The van der Waals surface area contributed by atoms with Crippen LogP contribution in [0.2, 0.25) is 0 Å². The van der Waals surface area contributed by atoms with Gasteiger partial charge in [0.15, 0.2) is 11.7 Å². The average molecular weight is 547 g/mol. The standard InChI is InChI=1S/C27H30O12/c1-12-20(29)22(31)24(33)26(36-12)35-11-19-21(30)23(32)25(34)27(39-19)37-14-7-8-15-16(28)10-17(38-18(15)9-14)13-5-3-2-4-6-13/h2-10,12,19-27,29-34H,11H2,1H3. The Bertz CT molecular complexity index is 1330. The first-order chi connectivity index (χ1) is 18.6. The van der Waals surface area contributed by atoms with E-state index in [4.69, 9.17) is 23.4 Å². The fourth-order valence-corrected chi connectivity index (χ4v) is 4.58. The van der Waals surface area contributed by atoms with Gasteiger partial charge in [-0.25, -0.2) is 0 Å². The van der Waals surface area contributed by atoms with Crippen LogP contribution in [0.4, 0.5) is 0 Å². The Morgan fingerprint density at radius 2 is 1.46 bits per heavy atom. The van der Waals surface area contributed by atoms with Crippen molar-refractivity contribution in [1.29, 1.82) is 0 Å². The lowest BCUT2D eigenvalue weighted by Crippen LogP contribution is -2.61. The fraction of sp³-hybridized carbons (Fsp3) is 0.444. The van der Waals surface area contributed by atoms with Gasteiger partial charge in [-0.1, -0.05) is 30.3 Å². The number of hydrogen-bond donors (Lipinski definition) is 6. The van der Waals surface area contributed by atoms with E-state index in [0.717, 1.165) is 0 Å². The summed E-state index contributed by atoms with van der Waals surface area (Å²) >= 11 is 0. The molecule has 0 saturated carbocycles. The van der Waals surface area contributed by atoms with Gasteiger partial charge in [-0.3, -0.25) is 4.79 Å². The summed E-state index contributed by atoms with van der Waals surface area (Å²) in [6, 6.07) is 14.9. The first-order valence-electron chi connectivity index (χ1n) is 12.4. The number of rotatable bonds is 6. The molecule has 12 heteroatoms. The minimum Gasteiger partial charge on any atom is -0.462 e. The third-order valence-electron chi connectivity index (χ3n) is 6.91. The fourth-order valence-electron chi connectivity index (χ4n) is 4.58. The van der Waals surface area contributed by atoms with Crippen LogP contribution >= 0.6 is 0 Å². The van der Waals surface area contributed by atoms with Gasteiger partial charge in [-0.15, -0.1) is 0 Å². The molecule has 2 aromatic carbocycles. The zero-order valence-corrected chi connectivity index (χ0v) is 20.8. The summed E-state index contributed by atoms with van der Waals surface area (Å²) in [4.78, 5) is 12.6. The number of aliphatic hydroxyl groups excluding tert-OH is 6. The quantitative estimate of drug-likeness (QED) is 0.233. The third kappa shape index (κ3) is 5.57. The van der Waals surface area contributed by atoms with Crippen LogP contribution in [0.1, 0.15) is 6.92 Å². The maximum Gasteiger partial charge on any atom is 0.229 e. The van der Waals surface area contributed by atoms with Gasteiger partial charge in [-0.05, 0) is 19.1 Å². The second kappa shape index (κ2) is 11.3. The van der Waals surface area contributed by atoms with Crippen molar-refractivity contribution in [3.05, 3.63) is 64.8 Å². The second-order valence-corrected chi connectivity index (χ2v) is 9.65. The van der Waals surface area contributed by atoms with Gasteiger partial charge >= 0.3 is 0 Å². The molecule has 10 unspecified atom stereocenters. The smallest absolute Gasteiger partial charge is 0.229 e. The summed E-state index contributed by atoms with van der Waals surface area (Å²) < 4.78 is 28.2. The highest BCUT2D eigenvalue weighted by molar-refractivity contribution is 5.80. The van der Waals surface area contributed by atoms with Crippen molar-refractivity contribution >= 4 is 11.0 Å². The van der Waals surface area contributed by atoms with E-state index in [1.807, 2.05) is 18.2 Å². The summed E-state index contributed by atoms with van der Waals surface area (Å²) in [6.45, 7) is 1.07. The van der Waals surface area contributed by atoms with Crippen molar-refractivity contribution in [2.45, 2.75) is 68.3 Å². The Morgan fingerprint density at radius 3 is 2.21 bits per heavy atom. The molecule has 0 aliphatic carbocycles. The molecule has 0 spiro atoms. The van der Waals surface area contributed by atoms with Crippen molar-refractivity contribution in [2.24, 2.45) is 0 Å². The van der Waals surface area contributed by atoms with Crippen molar-refractivity contribution in [3.63, 3.8) is 0 Å². The summed E-state index contributed by atoms with van der Waals surface area (Å²) in [5.41, 5.74) is 0.672. The predicted octanol–water partition coefficient (Wildman–Crippen LogP) is -0.510. The molecule has 6 N–H and O–H groups in total. The molecule has 10 atom stereocenters. The Kier molecular flexibility index (Phi) is 8.01. The monoisotopic (exact) mass is 546 g/mol. The first kappa shape index (κ1) is 27.6. The minimum atomic E-state index is -1.68. The molecule has 5 rings (SSSR count). The molecule has 2 aliphatic heterocycles. The number of hydrogen-bond acceptors (Lipinski definition) is 12. The van der Waals surface area contributed by atoms with Gasteiger partial charge in [0.2, 0.25) is 6.29 Å². The van der Waals surface area contributed by atoms with Crippen LogP contribution in [-0.2, 0) is 14.2 Å². The molecule has 2 saturated heterocycles. The van der Waals surface area contributed by atoms with Crippen LogP contribution in [-0.4, -0.2) is 98.7 Å². The molecule has 210 valence electrons. The van der Waals surface area contributed by atoms with Crippen LogP contribution < -0.4 is 10.2 Å². The van der Waals surface area contributed by atoms with Crippen LogP contribution in [0, 0.1) is 0 Å². The molecule has 12 nitrogen and oxygen atoms in total. The molecule has 0 radical (unpaired) electrons. The van der Waals surface area contributed by atoms with E-state index in [1.165, 1.54) is 31.2 Å². The maximum atomic E-state index is 12.6. The Morgan fingerprint density at radius 1 is 0.769 bits per heavy atom. The number of aliphatic hydroxyl groups is 6. The molecule has 1 aromatic heterocycles. The van der Waals surface area contributed by atoms with E-state index < -0.39 is 68.0 Å². The zero-order valence-electron chi connectivity index (χ0n) is 20.8. The van der Waals surface area contributed by atoms with Gasteiger partial charge < -0.3 is 54.0 Å². The van der Waals surface area contributed by atoms with Crippen molar-refractivity contribution in [2.75, 3.05) is 6.61 Å². The maximum absolute atomic E-state index is 12.6. The van der Waals surface area contributed by atoms with Crippen molar-refractivity contribution in [1.82, 2.24) is 0 Å². The summed E-state index contributed by atoms with van der Waals surface area (Å²) in [5, 5.41) is 61.6. The topological polar surface area (TPSA) is 189 Å². The van der Waals surface area contributed by atoms with Crippen LogP contribution in [0.3, 0.4) is 0 Å². The van der Waals surface area contributed by atoms with E-state index in [-0.39, 0.29) is 16.8 Å². The van der Waals surface area contributed by atoms with Gasteiger partial charge in [0.05, 0.1) is 18.1 Å². The highest BCUT2D eigenvalue weighted by Crippen LogP contribution is 2.29. The lowest BCUT2D eigenvalue weighted by molar-refractivity contribution is -0.318. The zero-order chi connectivity index (χ0) is 27.8. The Labute approximate surface area is 222 Å². The highest BCUT2D eigenvalue weighted by Gasteiger charge is 2.47. The summed E-state index contributed by atoms with van der Waals surface area (Å²) in [7, 11) is 0. The van der Waals surface area contributed by atoms with E-state index in [0.29, 0.717) is 16.7 Å². The van der Waals surface area contributed by atoms with Crippen molar-refractivity contribution in [3.8, 4) is 17.1 Å². The van der Waals surface area contributed by atoms with Crippen LogP contribution in [0.15, 0.2) is 63.8 Å². The molecular formula is C27H30O12. The van der Waals surface area contributed by atoms with Crippen LogP contribution in [0.5, 0.6) is 5.75 Å². The molecule has 2 fully saturated rings.